The number of benzene rings is 1. The van der Waals surface area contributed by atoms with Crippen LogP contribution in [0.3, 0.4) is 0 Å². The summed E-state index contributed by atoms with van der Waals surface area (Å²) in [5, 5.41) is 9.21. The van der Waals surface area contributed by atoms with Gasteiger partial charge in [-0.15, -0.1) is 0 Å². The van der Waals surface area contributed by atoms with Crippen molar-refractivity contribution in [1.82, 2.24) is 0 Å². The molecule has 1 nitrogen and oxygen atoms in total. The molecule has 1 saturated carbocycles. The van der Waals surface area contributed by atoms with E-state index in [0.717, 1.165) is 9.85 Å². The van der Waals surface area contributed by atoms with Crippen LogP contribution in [0.15, 0.2) is 24.3 Å². The fraction of sp³-hybridized carbons (Fsp3) is 0.500. The van der Waals surface area contributed by atoms with Crippen LogP contribution in [0.5, 0.6) is 5.75 Å². The summed E-state index contributed by atoms with van der Waals surface area (Å²) in [4.78, 5) is 0. The summed E-state index contributed by atoms with van der Waals surface area (Å²) in [6.45, 7) is 0. The van der Waals surface area contributed by atoms with Gasteiger partial charge in [0.05, 0.1) is 0 Å². The van der Waals surface area contributed by atoms with E-state index in [1.165, 1.54) is 53.8 Å². The molecule has 0 bridgehead atoms. The van der Waals surface area contributed by atoms with Gasteiger partial charge < -0.3 is 0 Å². The van der Waals surface area contributed by atoms with E-state index in [9.17, 15) is 5.11 Å². The van der Waals surface area contributed by atoms with Crippen molar-refractivity contribution in [2.75, 3.05) is 0 Å². The van der Waals surface area contributed by atoms with Gasteiger partial charge >= 0.3 is 98.7 Å². The number of aromatic hydroxyl groups is 1. The van der Waals surface area contributed by atoms with Gasteiger partial charge in [-0.25, -0.2) is 0 Å². The van der Waals surface area contributed by atoms with Crippen molar-refractivity contribution in [2.45, 2.75) is 35.5 Å². The first-order valence-corrected chi connectivity index (χ1v) is 7.20. The first-order valence-electron chi connectivity index (χ1n) is 5.30. The molecule has 14 heavy (non-hydrogen) atoms. The summed E-state index contributed by atoms with van der Waals surface area (Å²) >= 11 is 1.40. The molecule has 2 atom stereocenters. The molecular weight excluding hydrogens is 279 g/mol. The predicted molar refractivity (Wildman–Crippen MR) is 60.2 cm³/mol. The summed E-state index contributed by atoms with van der Waals surface area (Å²) < 4.78 is 0.993. The molecule has 2 radical (unpaired) electrons. The van der Waals surface area contributed by atoms with Crippen molar-refractivity contribution in [2.24, 2.45) is 0 Å². The van der Waals surface area contributed by atoms with Crippen LogP contribution in [0, 0.1) is 0 Å². The Hall–Kier alpha value is -0.181. The molecule has 0 aliphatic heterocycles. The molecule has 2 heteroatoms. The molecule has 2 rings (SSSR count). The maximum absolute atomic E-state index is 9.21. The van der Waals surface area contributed by atoms with Gasteiger partial charge in [-0.1, -0.05) is 0 Å². The fourth-order valence-electron chi connectivity index (χ4n) is 2.28. The molecule has 74 valence electrons. The monoisotopic (exact) mass is 296 g/mol. The van der Waals surface area contributed by atoms with Crippen molar-refractivity contribution in [1.29, 1.82) is 0 Å². The Morgan fingerprint density at radius 1 is 1.14 bits per heavy atom. The summed E-state index contributed by atoms with van der Waals surface area (Å²) in [6, 6.07) is 7.79. The molecular formula is C12H16OSn. The quantitative estimate of drug-likeness (QED) is 0.790. The number of phenols is 1. The summed E-state index contributed by atoms with van der Waals surface area (Å²) in [6.07, 6.45) is 5.53. The molecule has 1 fully saturated rings. The van der Waals surface area contributed by atoms with Crippen LogP contribution in [0.2, 0.25) is 3.93 Å². The van der Waals surface area contributed by atoms with Crippen molar-refractivity contribution in [3.8, 4) is 5.75 Å². The SMILES string of the molecule is Oc1ccc(C2CCC[CH]([SnH])C2)cc1. The standard InChI is InChI=1S/C12H15O.Sn.H/c13-12-8-6-11(7-9-12)10-4-2-1-3-5-10;;/h2,6-10,13H,1,3-5H2;;. The summed E-state index contributed by atoms with van der Waals surface area (Å²) in [5.41, 5.74) is 1.42. The van der Waals surface area contributed by atoms with E-state index in [2.05, 4.69) is 12.1 Å². The van der Waals surface area contributed by atoms with E-state index in [-0.39, 0.29) is 0 Å². The molecule has 1 N–H and O–H groups in total. The van der Waals surface area contributed by atoms with Gasteiger partial charge in [-0.05, 0) is 0 Å². The zero-order valence-corrected chi connectivity index (χ0v) is 11.6. The maximum atomic E-state index is 9.21. The van der Waals surface area contributed by atoms with Crippen LogP contribution in [-0.4, -0.2) is 27.6 Å². The van der Waals surface area contributed by atoms with Crippen molar-refractivity contribution in [3.63, 3.8) is 0 Å². The van der Waals surface area contributed by atoms with Gasteiger partial charge in [0, 0.05) is 0 Å². The van der Waals surface area contributed by atoms with Gasteiger partial charge in [0.1, 0.15) is 0 Å². The van der Waals surface area contributed by atoms with Crippen molar-refractivity contribution >= 4 is 22.5 Å². The molecule has 0 saturated heterocycles. The zero-order chi connectivity index (χ0) is 9.97. The topological polar surface area (TPSA) is 20.2 Å². The van der Waals surface area contributed by atoms with E-state index >= 15 is 0 Å². The second-order valence-electron chi connectivity index (χ2n) is 4.22. The molecule has 1 aromatic rings. The Morgan fingerprint density at radius 3 is 2.50 bits per heavy atom. The summed E-state index contributed by atoms with van der Waals surface area (Å²) in [7, 11) is 0. The number of hydrogen-bond acceptors (Lipinski definition) is 1. The van der Waals surface area contributed by atoms with Gasteiger partial charge in [-0.2, -0.15) is 0 Å². The molecule has 0 aromatic heterocycles. The minimum absolute atomic E-state index is 0.381. The normalized spacial score (nSPS) is 27.5. The second kappa shape index (κ2) is 4.56. The van der Waals surface area contributed by atoms with Gasteiger partial charge in [0.25, 0.3) is 0 Å². The van der Waals surface area contributed by atoms with Crippen LogP contribution in [0.1, 0.15) is 37.2 Å². The molecule has 1 aliphatic carbocycles. The van der Waals surface area contributed by atoms with Crippen LogP contribution in [0.25, 0.3) is 0 Å². The third kappa shape index (κ3) is 2.44. The number of rotatable bonds is 1. The Kier molecular flexibility index (Phi) is 3.37. The average molecular weight is 295 g/mol. The van der Waals surface area contributed by atoms with Crippen molar-refractivity contribution in [3.05, 3.63) is 29.8 Å². The summed E-state index contributed by atoms with van der Waals surface area (Å²) in [5.74, 6) is 1.14. The molecule has 1 aromatic carbocycles. The van der Waals surface area contributed by atoms with Gasteiger partial charge in [0.2, 0.25) is 0 Å². The molecule has 1 aliphatic rings. The second-order valence-corrected chi connectivity index (χ2v) is 6.91. The van der Waals surface area contributed by atoms with Crippen molar-refractivity contribution < 1.29 is 5.11 Å². The molecule has 0 spiro atoms. The Morgan fingerprint density at radius 2 is 1.86 bits per heavy atom. The van der Waals surface area contributed by atoms with Crippen LogP contribution in [0.4, 0.5) is 0 Å². The van der Waals surface area contributed by atoms with Crippen LogP contribution < -0.4 is 0 Å². The zero-order valence-electron chi connectivity index (χ0n) is 8.32. The Balaban J connectivity index is 2.10. The number of hydrogen-bond donors (Lipinski definition) is 1. The average Bonchev–Trinajstić information content (AvgIpc) is 2.19. The third-order valence-corrected chi connectivity index (χ3v) is 4.81. The minimum atomic E-state index is 0.381. The van der Waals surface area contributed by atoms with E-state index in [1.54, 1.807) is 0 Å². The van der Waals surface area contributed by atoms with Crippen LogP contribution in [-0.2, 0) is 0 Å². The first-order chi connectivity index (χ1) is 6.75. The fourth-order valence-corrected chi connectivity index (χ4v) is 3.89. The van der Waals surface area contributed by atoms with Crippen LogP contribution >= 0.6 is 0 Å². The van der Waals surface area contributed by atoms with E-state index in [0.29, 0.717) is 5.75 Å². The van der Waals surface area contributed by atoms with Gasteiger partial charge in [0.15, 0.2) is 0 Å². The molecule has 2 unspecified atom stereocenters. The van der Waals surface area contributed by atoms with Gasteiger partial charge in [-0.3, -0.25) is 0 Å². The van der Waals surface area contributed by atoms with E-state index < -0.39 is 0 Å². The van der Waals surface area contributed by atoms with E-state index in [1.807, 2.05) is 12.1 Å². The molecule has 0 amide bonds. The van der Waals surface area contributed by atoms with E-state index in [4.69, 9.17) is 0 Å². The Bertz CT molecular complexity index is 294. The Labute approximate surface area is 98.6 Å². The third-order valence-electron chi connectivity index (χ3n) is 3.08. The number of phenolic OH excluding ortho intramolecular Hbond substituents is 1. The first kappa shape index (κ1) is 10.3. The predicted octanol–water partition coefficient (Wildman–Crippen LogP) is 2.74. The molecule has 0 heterocycles.